The van der Waals surface area contributed by atoms with Crippen LogP contribution in [0.15, 0.2) is 16.6 Å². The van der Waals surface area contributed by atoms with Crippen LogP contribution in [0.5, 0.6) is 0 Å². The molecule has 0 unspecified atom stereocenters. The van der Waals surface area contributed by atoms with E-state index < -0.39 is 11.8 Å². The number of ketones is 1. The number of halogens is 1. The monoisotopic (exact) mass is 339 g/mol. The van der Waals surface area contributed by atoms with E-state index in [1.54, 1.807) is 17.0 Å². The number of nitrogens with zero attached hydrogens (tertiary/aromatic N) is 1. The van der Waals surface area contributed by atoms with Crippen molar-refractivity contribution < 1.29 is 19.1 Å². The van der Waals surface area contributed by atoms with Gasteiger partial charge in [-0.1, -0.05) is 15.9 Å². The minimum Gasteiger partial charge on any atom is -0.463 e. The third kappa shape index (κ3) is 2.60. The summed E-state index contributed by atoms with van der Waals surface area (Å²) in [5.74, 6) is -1.73. The number of Topliss-reactive ketones (excluding diaryl/α,β-unsaturated/α-hetero) is 1. The van der Waals surface area contributed by atoms with E-state index in [4.69, 9.17) is 0 Å². The lowest BCUT2D eigenvalue weighted by molar-refractivity contribution is -0.135. The number of hydrogen-bond acceptors (Lipinski definition) is 4. The molecule has 1 aliphatic rings. The summed E-state index contributed by atoms with van der Waals surface area (Å²) in [5, 5.41) is 0. The van der Waals surface area contributed by atoms with Crippen LogP contribution in [0.2, 0.25) is 0 Å². The summed E-state index contributed by atoms with van der Waals surface area (Å²) in [5.41, 5.74) is 1.89. The van der Waals surface area contributed by atoms with Crippen molar-refractivity contribution in [2.75, 3.05) is 18.6 Å². The summed E-state index contributed by atoms with van der Waals surface area (Å²) < 4.78 is 4.99. The molecule has 2 rings (SSSR count). The fourth-order valence-corrected chi connectivity index (χ4v) is 2.88. The van der Waals surface area contributed by atoms with Crippen molar-refractivity contribution in [3.8, 4) is 0 Å². The third-order valence-electron chi connectivity index (χ3n) is 3.28. The van der Waals surface area contributed by atoms with Crippen molar-refractivity contribution >= 4 is 39.3 Å². The molecule has 0 radical (unpaired) electrons. The normalized spacial score (nSPS) is 13.7. The minimum absolute atomic E-state index is 0.0789. The highest BCUT2D eigenvalue weighted by Gasteiger charge is 2.26. The van der Waals surface area contributed by atoms with Crippen molar-refractivity contribution in [1.29, 1.82) is 0 Å². The molecule has 106 valence electrons. The van der Waals surface area contributed by atoms with Gasteiger partial charge in [-0.2, -0.15) is 0 Å². The summed E-state index contributed by atoms with van der Waals surface area (Å²) in [6.07, 6.45) is 1.72. The molecule has 0 bridgehead atoms. The largest absolute Gasteiger partial charge is 0.463 e. The van der Waals surface area contributed by atoms with Crippen LogP contribution in [-0.2, 0) is 20.7 Å². The quantitative estimate of drug-likeness (QED) is 0.470. The number of anilines is 1. The number of carbonyl (C=O) groups excluding carboxylic acids is 3. The van der Waals surface area contributed by atoms with Crippen LogP contribution in [0.3, 0.4) is 0 Å². The maximum atomic E-state index is 12.0. The molecule has 20 heavy (non-hydrogen) atoms. The predicted octanol–water partition coefficient (Wildman–Crippen LogP) is 2.10. The van der Waals surface area contributed by atoms with Gasteiger partial charge in [0.2, 0.25) is 5.91 Å². The first kappa shape index (κ1) is 14.7. The van der Waals surface area contributed by atoms with Gasteiger partial charge < -0.3 is 9.64 Å². The van der Waals surface area contributed by atoms with E-state index >= 15 is 0 Å². The standard InChI is InChI=1S/C14H14BrNO4/c1-8(17)16-5-3-4-9-6-11(15)10(7-12(9)16)13(18)14(19)20-2/h6-7H,3-5H2,1-2H3. The molecule has 0 N–H and O–H groups in total. The average Bonchev–Trinajstić information content (AvgIpc) is 2.43. The van der Waals surface area contributed by atoms with Gasteiger partial charge in [-0.25, -0.2) is 4.79 Å². The molecule has 1 aromatic rings. The first-order valence-electron chi connectivity index (χ1n) is 6.19. The van der Waals surface area contributed by atoms with Gasteiger partial charge in [0.25, 0.3) is 5.78 Å². The van der Waals surface area contributed by atoms with Crippen LogP contribution in [-0.4, -0.2) is 31.3 Å². The summed E-state index contributed by atoms with van der Waals surface area (Å²) in [6.45, 7) is 2.11. The molecular weight excluding hydrogens is 326 g/mol. The highest BCUT2D eigenvalue weighted by atomic mass is 79.9. The lowest BCUT2D eigenvalue weighted by Crippen LogP contribution is -2.34. The Kier molecular flexibility index (Phi) is 4.23. The minimum atomic E-state index is -0.921. The van der Waals surface area contributed by atoms with Gasteiger partial charge in [0.1, 0.15) is 0 Å². The first-order chi connectivity index (χ1) is 9.45. The Hall–Kier alpha value is -1.69. The van der Waals surface area contributed by atoms with Crippen molar-refractivity contribution in [2.45, 2.75) is 19.8 Å². The number of fused-ring (bicyclic) bond motifs is 1. The van der Waals surface area contributed by atoms with E-state index in [1.807, 2.05) is 0 Å². The fourth-order valence-electron chi connectivity index (χ4n) is 2.31. The number of benzene rings is 1. The molecule has 0 saturated heterocycles. The summed E-state index contributed by atoms with van der Waals surface area (Å²) in [6, 6.07) is 3.37. The molecule has 0 spiro atoms. The number of amides is 1. The summed E-state index contributed by atoms with van der Waals surface area (Å²) >= 11 is 3.30. The molecule has 0 aromatic heterocycles. The van der Waals surface area contributed by atoms with E-state index in [2.05, 4.69) is 20.7 Å². The second-order valence-corrected chi connectivity index (χ2v) is 5.41. The molecule has 5 nitrogen and oxygen atoms in total. The Morgan fingerprint density at radius 2 is 2.00 bits per heavy atom. The van der Waals surface area contributed by atoms with Crippen LogP contribution in [0.1, 0.15) is 29.3 Å². The molecule has 1 aromatic carbocycles. The van der Waals surface area contributed by atoms with Gasteiger partial charge in [-0.15, -0.1) is 0 Å². The van der Waals surface area contributed by atoms with Crippen LogP contribution in [0.4, 0.5) is 5.69 Å². The Labute approximate surface area is 125 Å². The van der Waals surface area contributed by atoms with E-state index in [1.165, 1.54) is 6.92 Å². The number of carbonyl (C=O) groups is 3. The van der Waals surface area contributed by atoms with E-state index in [-0.39, 0.29) is 11.5 Å². The number of esters is 1. The van der Waals surface area contributed by atoms with Gasteiger partial charge in [-0.05, 0) is 30.5 Å². The molecule has 1 amide bonds. The number of methoxy groups -OCH3 is 1. The number of aryl methyl sites for hydroxylation is 1. The highest BCUT2D eigenvalue weighted by molar-refractivity contribution is 9.10. The van der Waals surface area contributed by atoms with E-state index in [9.17, 15) is 14.4 Å². The zero-order valence-electron chi connectivity index (χ0n) is 11.2. The maximum Gasteiger partial charge on any atom is 0.379 e. The third-order valence-corrected chi connectivity index (χ3v) is 3.94. The van der Waals surface area contributed by atoms with Crippen LogP contribution < -0.4 is 4.90 Å². The van der Waals surface area contributed by atoms with Gasteiger partial charge in [0.05, 0.1) is 7.11 Å². The summed E-state index contributed by atoms with van der Waals surface area (Å²) in [4.78, 5) is 36.6. The molecule has 1 heterocycles. The molecular formula is C14H14BrNO4. The first-order valence-corrected chi connectivity index (χ1v) is 6.98. The highest BCUT2D eigenvalue weighted by Crippen LogP contribution is 2.33. The van der Waals surface area contributed by atoms with Gasteiger partial charge in [0.15, 0.2) is 0 Å². The number of hydrogen-bond donors (Lipinski definition) is 0. The second kappa shape index (κ2) is 5.75. The van der Waals surface area contributed by atoms with Crippen LogP contribution >= 0.6 is 15.9 Å². The van der Waals surface area contributed by atoms with E-state index in [0.717, 1.165) is 25.5 Å². The van der Waals surface area contributed by atoms with Crippen molar-refractivity contribution in [3.05, 3.63) is 27.7 Å². The van der Waals surface area contributed by atoms with Crippen LogP contribution in [0, 0.1) is 0 Å². The predicted molar refractivity (Wildman–Crippen MR) is 76.8 cm³/mol. The van der Waals surface area contributed by atoms with Crippen molar-refractivity contribution in [1.82, 2.24) is 0 Å². The molecule has 0 saturated carbocycles. The van der Waals surface area contributed by atoms with Crippen molar-refractivity contribution in [3.63, 3.8) is 0 Å². The average molecular weight is 340 g/mol. The van der Waals surface area contributed by atoms with Gasteiger partial charge in [-0.3, -0.25) is 9.59 Å². The molecule has 1 aliphatic heterocycles. The lowest BCUT2D eigenvalue weighted by Gasteiger charge is -2.29. The maximum absolute atomic E-state index is 12.0. The Bertz CT molecular complexity index is 597. The molecule has 0 atom stereocenters. The lowest BCUT2D eigenvalue weighted by atomic mass is 9.98. The fraction of sp³-hybridized carbons (Fsp3) is 0.357. The SMILES string of the molecule is COC(=O)C(=O)c1cc2c(cc1Br)CCCN2C(C)=O. The Morgan fingerprint density at radius 1 is 1.30 bits per heavy atom. The Balaban J connectivity index is 2.51. The number of ether oxygens (including phenoxy) is 1. The zero-order chi connectivity index (χ0) is 14.9. The summed E-state index contributed by atoms with van der Waals surface area (Å²) in [7, 11) is 1.16. The molecule has 6 heteroatoms. The van der Waals surface area contributed by atoms with Gasteiger partial charge >= 0.3 is 5.97 Å². The zero-order valence-corrected chi connectivity index (χ0v) is 12.8. The van der Waals surface area contributed by atoms with Gasteiger partial charge in [0, 0.05) is 29.2 Å². The molecule has 0 fully saturated rings. The molecule has 0 aliphatic carbocycles. The smallest absolute Gasteiger partial charge is 0.379 e. The Morgan fingerprint density at radius 3 is 2.60 bits per heavy atom. The van der Waals surface area contributed by atoms with E-state index in [0.29, 0.717) is 16.7 Å². The van der Waals surface area contributed by atoms with Crippen molar-refractivity contribution in [2.24, 2.45) is 0 Å². The second-order valence-electron chi connectivity index (χ2n) is 4.56. The van der Waals surface area contributed by atoms with Crippen LogP contribution in [0.25, 0.3) is 0 Å². The number of rotatable bonds is 2. The topological polar surface area (TPSA) is 63.7 Å².